The van der Waals surface area contributed by atoms with Crippen LogP contribution in [-0.2, 0) is 16.8 Å². The van der Waals surface area contributed by atoms with Crippen LogP contribution < -0.4 is 4.74 Å². The first-order chi connectivity index (χ1) is 14.1. The summed E-state index contributed by atoms with van der Waals surface area (Å²) in [6, 6.07) is 15.1. The number of halogens is 1. The zero-order valence-corrected chi connectivity index (χ0v) is 18.6. The van der Waals surface area contributed by atoms with Crippen molar-refractivity contribution >= 4 is 17.5 Å². The maximum Gasteiger partial charge on any atom is 0.263 e. The Morgan fingerprint density at radius 1 is 1.17 bits per heavy atom. The molecule has 0 saturated carbocycles. The van der Waals surface area contributed by atoms with Crippen molar-refractivity contribution in [1.82, 2.24) is 15.0 Å². The van der Waals surface area contributed by atoms with Crippen LogP contribution in [-0.4, -0.2) is 34.1 Å². The van der Waals surface area contributed by atoms with E-state index in [1.165, 1.54) is 10.5 Å². The lowest BCUT2D eigenvalue weighted by atomic mass is 9.87. The molecule has 7 heteroatoms. The van der Waals surface area contributed by atoms with Gasteiger partial charge in [-0.3, -0.25) is 4.79 Å². The molecule has 3 rings (SSSR count). The molecule has 0 spiro atoms. The van der Waals surface area contributed by atoms with Crippen molar-refractivity contribution in [1.29, 1.82) is 0 Å². The predicted octanol–water partition coefficient (Wildman–Crippen LogP) is 5.11. The monoisotopic (exact) mass is 427 g/mol. The maximum absolute atomic E-state index is 12.7. The topological polar surface area (TPSA) is 68.5 Å². The Balaban J connectivity index is 1.61. The minimum Gasteiger partial charge on any atom is -0.481 e. The molecule has 1 atom stereocenters. The fourth-order valence-corrected chi connectivity index (χ4v) is 3.17. The molecule has 0 unspecified atom stereocenters. The van der Waals surface area contributed by atoms with Gasteiger partial charge < -0.3 is 14.2 Å². The second kappa shape index (κ2) is 8.88. The average molecular weight is 428 g/mol. The maximum atomic E-state index is 12.7. The first-order valence-corrected chi connectivity index (χ1v) is 10.1. The number of hydrogen-bond acceptors (Lipinski definition) is 5. The summed E-state index contributed by atoms with van der Waals surface area (Å²) in [4.78, 5) is 18.5. The van der Waals surface area contributed by atoms with Crippen LogP contribution in [0.5, 0.6) is 5.75 Å². The molecular formula is C23H26ClN3O3. The van der Waals surface area contributed by atoms with Crippen molar-refractivity contribution in [3.05, 3.63) is 65.0 Å². The van der Waals surface area contributed by atoms with Crippen LogP contribution in [0.1, 0.15) is 39.1 Å². The van der Waals surface area contributed by atoms with Crippen molar-refractivity contribution < 1.29 is 14.1 Å². The average Bonchev–Trinajstić information content (AvgIpc) is 3.15. The highest BCUT2D eigenvalue weighted by Crippen LogP contribution is 2.26. The molecule has 0 saturated heterocycles. The van der Waals surface area contributed by atoms with Gasteiger partial charge in [-0.15, -0.1) is 0 Å². The van der Waals surface area contributed by atoms with E-state index in [1.807, 2.05) is 42.5 Å². The molecule has 0 aliphatic carbocycles. The summed E-state index contributed by atoms with van der Waals surface area (Å²) in [5, 5.41) is 4.50. The van der Waals surface area contributed by atoms with E-state index >= 15 is 0 Å². The predicted molar refractivity (Wildman–Crippen MR) is 116 cm³/mol. The third-order valence-corrected chi connectivity index (χ3v) is 5.04. The van der Waals surface area contributed by atoms with E-state index in [4.69, 9.17) is 20.9 Å². The van der Waals surface area contributed by atoms with Crippen molar-refractivity contribution in [3.63, 3.8) is 0 Å². The summed E-state index contributed by atoms with van der Waals surface area (Å²) >= 11 is 6.17. The quantitative estimate of drug-likeness (QED) is 0.546. The fraction of sp³-hybridized carbons (Fsp3) is 0.348. The Bertz CT molecular complexity index is 1010. The molecule has 1 aromatic heterocycles. The number of hydrogen-bond donors (Lipinski definition) is 0. The van der Waals surface area contributed by atoms with E-state index in [0.29, 0.717) is 28.1 Å². The van der Waals surface area contributed by atoms with Crippen molar-refractivity contribution in [3.8, 4) is 17.1 Å². The van der Waals surface area contributed by atoms with Crippen molar-refractivity contribution in [2.24, 2.45) is 0 Å². The van der Waals surface area contributed by atoms with Gasteiger partial charge in [0, 0.05) is 12.6 Å². The summed E-state index contributed by atoms with van der Waals surface area (Å²) in [5.74, 6) is 1.17. The molecular weight excluding hydrogens is 402 g/mol. The minimum atomic E-state index is -0.651. The molecule has 0 bridgehead atoms. The van der Waals surface area contributed by atoms with E-state index in [2.05, 4.69) is 30.9 Å². The number of benzene rings is 2. The lowest BCUT2D eigenvalue weighted by Crippen LogP contribution is -2.37. The highest BCUT2D eigenvalue weighted by atomic mass is 35.5. The SMILES string of the molecule is C[C@H](Oc1ccc(C(C)(C)C)cc1)C(=O)N(C)Cc1nc(-c2ccccc2Cl)no1. The van der Waals surface area contributed by atoms with Crippen LogP contribution in [0.3, 0.4) is 0 Å². The third kappa shape index (κ3) is 5.19. The van der Waals surface area contributed by atoms with Crippen LogP contribution in [0.2, 0.25) is 5.02 Å². The van der Waals surface area contributed by atoms with Crippen LogP contribution >= 0.6 is 11.6 Å². The van der Waals surface area contributed by atoms with Crippen molar-refractivity contribution in [2.45, 2.75) is 45.8 Å². The van der Waals surface area contributed by atoms with Crippen LogP contribution in [0.4, 0.5) is 0 Å². The number of nitrogens with zero attached hydrogens (tertiary/aromatic N) is 3. The zero-order valence-electron chi connectivity index (χ0n) is 17.8. The highest BCUT2D eigenvalue weighted by Gasteiger charge is 2.22. The molecule has 0 N–H and O–H groups in total. The summed E-state index contributed by atoms with van der Waals surface area (Å²) in [7, 11) is 1.67. The van der Waals surface area contributed by atoms with Gasteiger partial charge in [0.1, 0.15) is 5.75 Å². The van der Waals surface area contributed by atoms with E-state index in [9.17, 15) is 4.79 Å². The molecule has 30 heavy (non-hydrogen) atoms. The van der Waals surface area contributed by atoms with E-state index in [-0.39, 0.29) is 17.9 Å². The smallest absolute Gasteiger partial charge is 0.263 e. The van der Waals surface area contributed by atoms with Gasteiger partial charge in [0.05, 0.1) is 11.6 Å². The van der Waals surface area contributed by atoms with Gasteiger partial charge in [-0.1, -0.05) is 61.8 Å². The minimum absolute atomic E-state index is 0.0626. The highest BCUT2D eigenvalue weighted by molar-refractivity contribution is 6.33. The largest absolute Gasteiger partial charge is 0.481 e. The molecule has 1 heterocycles. The molecule has 3 aromatic rings. The van der Waals surface area contributed by atoms with Gasteiger partial charge >= 0.3 is 0 Å². The Labute approximate surface area is 181 Å². The first kappa shape index (κ1) is 21.8. The molecule has 0 aliphatic rings. The second-order valence-corrected chi connectivity index (χ2v) is 8.63. The standard InChI is InChI=1S/C23H26ClN3O3/c1-15(29-17-12-10-16(11-13-17)23(2,3)4)22(28)27(5)14-20-25-21(26-30-20)18-8-6-7-9-19(18)24/h6-13,15H,14H2,1-5H3/t15-/m0/s1. The molecule has 6 nitrogen and oxygen atoms in total. The number of carbonyl (C=O) groups is 1. The summed E-state index contributed by atoms with van der Waals surface area (Å²) in [5.41, 5.74) is 1.95. The summed E-state index contributed by atoms with van der Waals surface area (Å²) < 4.78 is 11.1. The molecule has 0 fully saturated rings. The fourth-order valence-electron chi connectivity index (χ4n) is 2.95. The Kier molecular flexibility index (Phi) is 6.46. The first-order valence-electron chi connectivity index (χ1n) is 9.75. The van der Waals surface area contributed by atoms with Gasteiger partial charge in [0.25, 0.3) is 5.91 Å². The third-order valence-electron chi connectivity index (χ3n) is 4.71. The van der Waals surface area contributed by atoms with Gasteiger partial charge in [-0.05, 0) is 42.2 Å². The van der Waals surface area contributed by atoms with Crippen molar-refractivity contribution in [2.75, 3.05) is 7.05 Å². The Morgan fingerprint density at radius 3 is 2.47 bits per heavy atom. The number of ether oxygens (including phenoxy) is 1. The number of rotatable bonds is 6. The number of carbonyl (C=O) groups excluding carboxylic acids is 1. The lowest BCUT2D eigenvalue weighted by Gasteiger charge is -2.22. The summed E-state index contributed by atoms with van der Waals surface area (Å²) in [6.07, 6.45) is -0.651. The second-order valence-electron chi connectivity index (χ2n) is 8.22. The lowest BCUT2D eigenvalue weighted by molar-refractivity contribution is -0.137. The number of likely N-dealkylation sites (N-methyl/N-ethyl adjacent to an activating group) is 1. The van der Waals surface area contributed by atoms with E-state index in [0.717, 1.165) is 0 Å². The summed E-state index contributed by atoms with van der Waals surface area (Å²) in [6.45, 7) is 8.35. The van der Waals surface area contributed by atoms with Crippen LogP contribution in [0, 0.1) is 0 Å². The number of amides is 1. The molecule has 0 radical (unpaired) electrons. The van der Waals surface area contributed by atoms with E-state index in [1.54, 1.807) is 20.0 Å². The van der Waals surface area contributed by atoms with Gasteiger partial charge in [-0.2, -0.15) is 4.98 Å². The Morgan fingerprint density at radius 2 is 1.83 bits per heavy atom. The van der Waals surface area contributed by atoms with Gasteiger partial charge in [0.2, 0.25) is 11.7 Å². The zero-order chi connectivity index (χ0) is 21.9. The van der Waals surface area contributed by atoms with Crippen LogP contribution in [0.25, 0.3) is 11.4 Å². The van der Waals surface area contributed by atoms with Crippen LogP contribution in [0.15, 0.2) is 53.1 Å². The number of aromatic nitrogens is 2. The molecule has 2 aromatic carbocycles. The van der Waals surface area contributed by atoms with Gasteiger partial charge in [-0.25, -0.2) is 0 Å². The Hall–Kier alpha value is -2.86. The molecule has 158 valence electrons. The molecule has 0 aliphatic heterocycles. The van der Waals surface area contributed by atoms with E-state index < -0.39 is 6.10 Å². The normalized spacial score (nSPS) is 12.5. The molecule has 1 amide bonds. The van der Waals surface area contributed by atoms with Gasteiger partial charge in [0.15, 0.2) is 6.10 Å².